The topological polar surface area (TPSA) is 45.2 Å². The molecule has 1 aromatic heterocycles. The van der Waals surface area contributed by atoms with Crippen LogP contribution < -0.4 is 5.32 Å². The molecule has 0 atom stereocenters. The van der Waals surface area contributed by atoms with Crippen LogP contribution in [0.5, 0.6) is 0 Å². The van der Waals surface area contributed by atoms with Crippen molar-refractivity contribution >= 4 is 16.8 Å². The van der Waals surface area contributed by atoms with Crippen LogP contribution in [-0.4, -0.2) is 34.4 Å². The molecule has 1 saturated carbocycles. The summed E-state index contributed by atoms with van der Waals surface area (Å²) in [6.07, 6.45) is 6.78. The fraction of sp³-hybridized carbons (Fsp3) is 0.500. The molecule has 4 nitrogen and oxygen atoms in total. The number of carbonyl (C=O) groups excluding carboxylic acids is 1. The first-order valence-corrected chi connectivity index (χ1v) is 9.16. The average Bonchev–Trinajstić information content (AvgIpc) is 3.31. The van der Waals surface area contributed by atoms with Gasteiger partial charge >= 0.3 is 0 Å². The largest absolute Gasteiger partial charge is 0.349 e. The number of fused-ring (bicyclic) bond motifs is 1. The van der Waals surface area contributed by atoms with E-state index in [2.05, 4.69) is 27.3 Å². The van der Waals surface area contributed by atoms with Crippen molar-refractivity contribution in [1.82, 2.24) is 15.2 Å². The van der Waals surface area contributed by atoms with Crippen LogP contribution in [0.3, 0.4) is 0 Å². The monoisotopic (exact) mass is 323 g/mol. The number of benzene rings is 1. The summed E-state index contributed by atoms with van der Waals surface area (Å²) in [5.74, 6) is 0.205. The number of hydrogen-bond donors (Lipinski definition) is 1. The third-order valence-electron chi connectivity index (χ3n) is 5.65. The number of nitrogens with one attached hydrogen (secondary N) is 1. The molecule has 126 valence electrons. The minimum Gasteiger partial charge on any atom is -0.349 e. The number of aromatic nitrogens is 1. The zero-order chi connectivity index (χ0) is 16.4. The fourth-order valence-electron chi connectivity index (χ4n) is 4.33. The fourth-order valence-corrected chi connectivity index (χ4v) is 4.33. The Morgan fingerprint density at radius 3 is 2.58 bits per heavy atom. The van der Waals surface area contributed by atoms with Gasteiger partial charge in [0.05, 0.1) is 17.8 Å². The lowest BCUT2D eigenvalue weighted by atomic mass is 9.94. The minimum atomic E-state index is -0.257. The second-order valence-electron chi connectivity index (χ2n) is 7.11. The van der Waals surface area contributed by atoms with Crippen LogP contribution in [0.15, 0.2) is 36.4 Å². The molecule has 4 heteroatoms. The number of pyridine rings is 1. The van der Waals surface area contributed by atoms with Crippen molar-refractivity contribution < 1.29 is 4.79 Å². The molecule has 2 aliphatic rings. The first-order valence-electron chi connectivity index (χ1n) is 9.16. The highest BCUT2D eigenvalue weighted by Crippen LogP contribution is 2.37. The number of rotatable bonds is 4. The van der Waals surface area contributed by atoms with Gasteiger partial charge in [-0.3, -0.25) is 14.7 Å². The van der Waals surface area contributed by atoms with Crippen LogP contribution in [0.25, 0.3) is 10.9 Å². The predicted molar refractivity (Wildman–Crippen MR) is 95.6 cm³/mol. The molecule has 4 rings (SSSR count). The molecule has 0 unspecified atom stereocenters. The highest BCUT2D eigenvalue weighted by Gasteiger charge is 2.46. The Balaban J connectivity index is 1.48. The molecule has 2 aromatic rings. The van der Waals surface area contributed by atoms with Gasteiger partial charge in [0, 0.05) is 5.39 Å². The van der Waals surface area contributed by atoms with Crippen molar-refractivity contribution in [2.24, 2.45) is 0 Å². The Kier molecular flexibility index (Phi) is 4.23. The van der Waals surface area contributed by atoms with E-state index in [1.165, 1.54) is 12.8 Å². The quantitative estimate of drug-likeness (QED) is 0.939. The summed E-state index contributed by atoms with van der Waals surface area (Å²) in [4.78, 5) is 20.1. The van der Waals surface area contributed by atoms with Gasteiger partial charge in [-0.1, -0.05) is 37.1 Å². The van der Waals surface area contributed by atoms with E-state index in [1.54, 1.807) is 0 Å². The van der Waals surface area contributed by atoms with Crippen molar-refractivity contribution in [3.63, 3.8) is 0 Å². The van der Waals surface area contributed by atoms with Crippen LogP contribution in [-0.2, 0) is 11.3 Å². The van der Waals surface area contributed by atoms with Crippen molar-refractivity contribution in [3.05, 3.63) is 42.1 Å². The van der Waals surface area contributed by atoms with E-state index < -0.39 is 0 Å². The summed E-state index contributed by atoms with van der Waals surface area (Å²) < 4.78 is 0. The highest BCUT2D eigenvalue weighted by atomic mass is 16.2. The Morgan fingerprint density at radius 1 is 1.04 bits per heavy atom. The maximum atomic E-state index is 13.0. The lowest BCUT2D eigenvalue weighted by Crippen LogP contribution is -2.56. The van der Waals surface area contributed by atoms with Crippen LogP contribution >= 0.6 is 0 Å². The first-order chi connectivity index (χ1) is 11.8. The summed E-state index contributed by atoms with van der Waals surface area (Å²) in [6.45, 7) is 2.66. The predicted octanol–water partition coefficient (Wildman–Crippen LogP) is 3.26. The van der Waals surface area contributed by atoms with E-state index in [0.29, 0.717) is 6.54 Å². The lowest BCUT2D eigenvalue weighted by molar-refractivity contribution is -0.133. The molecule has 1 amide bonds. The molecule has 2 fully saturated rings. The molecule has 0 bridgehead atoms. The smallest absolute Gasteiger partial charge is 0.240 e. The zero-order valence-corrected chi connectivity index (χ0v) is 14.1. The minimum absolute atomic E-state index is 0.205. The Bertz CT molecular complexity index is 730. The summed E-state index contributed by atoms with van der Waals surface area (Å²) in [5, 5.41) is 4.32. The highest BCUT2D eigenvalue weighted by molar-refractivity contribution is 5.86. The van der Waals surface area contributed by atoms with Gasteiger partial charge in [-0.05, 0) is 50.9 Å². The van der Waals surface area contributed by atoms with Gasteiger partial charge in [-0.15, -0.1) is 0 Å². The molecule has 1 saturated heterocycles. The molecule has 2 heterocycles. The van der Waals surface area contributed by atoms with Gasteiger partial charge in [0.15, 0.2) is 0 Å². The van der Waals surface area contributed by atoms with Gasteiger partial charge in [-0.25, -0.2) is 0 Å². The molecule has 1 aliphatic carbocycles. The third-order valence-corrected chi connectivity index (χ3v) is 5.65. The van der Waals surface area contributed by atoms with E-state index in [9.17, 15) is 4.79 Å². The lowest BCUT2D eigenvalue weighted by Gasteiger charge is -2.37. The third kappa shape index (κ3) is 2.80. The molecule has 0 radical (unpaired) electrons. The molecule has 1 aromatic carbocycles. The molecular formula is C20H25N3O. The molecule has 1 aliphatic heterocycles. The van der Waals surface area contributed by atoms with E-state index in [1.807, 2.05) is 24.3 Å². The number of likely N-dealkylation sites (tertiary alicyclic amines) is 1. The average molecular weight is 323 g/mol. The first kappa shape index (κ1) is 15.6. The number of nitrogens with zero attached hydrogens (tertiary/aromatic N) is 2. The molecular weight excluding hydrogens is 298 g/mol. The molecule has 1 N–H and O–H groups in total. The van der Waals surface area contributed by atoms with E-state index >= 15 is 0 Å². The van der Waals surface area contributed by atoms with E-state index in [-0.39, 0.29) is 11.4 Å². The van der Waals surface area contributed by atoms with E-state index in [0.717, 1.165) is 55.4 Å². The molecule has 24 heavy (non-hydrogen) atoms. The normalized spacial score (nSPS) is 20.5. The van der Waals surface area contributed by atoms with Crippen LogP contribution in [0.1, 0.15) is 44.2 Å². The van der Waals surface area contributed by atoms with Gasteiger partial charge in [0.25, 0.3) is 0 Å². The zero-order valence-electron chi connectivity index (χ0n) is 14.1. The van der Waals surface area contributed by atoms with Crippen molar-refractivity contribution in [1.29, 1.82) is 0 Å². The number of para-hydroxylation sites is 1. The second-order valence-corrected chi connectivity index (χ2v) is 7.11. The number of hydrogen-bond acceptors (Lipinski definition) is 3. The standard InChI is InChI=1S/C20H25N3O/c24-19(20(11-3-4-12-20)23-13-5-6-14-23)21-15-17-10-9-16-7-1-2-8-18(16)22-17/h1-2,7-10H,3-6,11-15H2,(H,21,24). The second kappa shape index (κ2) is 6.52. The number of carbonyl (C=O) groups is 1. The van der Waals surface area contributed by atoms with Gasteiger partial charge < -0.3 is 5.32 Å². The van der Waals surface area contributed by atoms with Crippen molar-refractivity contribution in [2.45, 2.75) is 50.6 Å². The van der Waals surface area contributed by atoms with Crippen LogP contribution in [0.4, 0.5) is 0 Å². The van der Waals surface area contributed by atoms with Gasteiger partial charge in [-0.2, -0.15) is 0 Å². The Hall–Kier alpha value is -1.94. The Labute approximate surface area is 143 Å². The SMILES string of the molecule is O=C(NCc1ccc2ccccc2n1)C1(N2CCCC2)CCCC1. The maximum Gasteiger partial charge on any atom is 0.240 e. The van der Waals surface area contributed by atoms with E-state index in [4.69, 9.17) is 0 Å². The van der Waals surface area contributed by atoms with Crippen LogP contribution in [0, 0.1) is 0 Å². The summed E-state index contributed by atoms with van der Waals surface area (Å²) in [5.41, 5.74) is 1.66. The van der Waals surface area contributed by atoms with Gasteiger partial charge in [0.1, 0.15) is 5.54 Å². The maximum absolute atomic E-state index is 13.0. The van der Waals surface area contributed by atoms with Crippen molar-refractivity contribution in [3.8, 4) is 0 Å². The summed E-state index contributed by atoms with van der Waals surface area (Å²) in [6, 6.07) is 12.2. The van der Waals surface area contributed by atoms with Crippen LogP contribution in [0.2, 0.25) is 0 Å². The summed E-state index contributed by atoms with van der Waals surface area (Å²) in [7, 11) is 0. The Morgan fingerprint density at radius 2 is 1.79 bits per heavy atom. The van der Waals surface area contributed by atoms with Crippen molar-refractivity contribution in [2.75, 3.05) is 13.1 Å². The summed E-state index contributed by atoms with van der Waals surface area (Å²) >= 11 is 0. The number of amides is 1. The molecule has 0 spiro atoms. The van der Waals surface area contributed by atoms with Gasteiger partial charge in [0.2, 0.25) is 5.91 Å².